The average Bonchev–Trinajstić information content (AvgIpc) is 2.69. The molecule has 0 amide bonds. The average molecular weight is 345 g/mol. The van der Waals surface area contributed by atoms with Crippen molar-refractivity contribution < 1.29 is 9.47 Å². The van der Waals surface area contributed by atoms with Crippen LogP contribution in [0.3, 0.4) is 0 Å². The fourth-order valence-corrected chi connectivity index (χ4v) is 3.14. The zero-order valence-electron chi connectivity index (χ0n) is 14.4. The Kier molecular flexibility index (Phi) is 4.75. The second kappa shape index (κ2) is 7.32. The predicted octanol–water partition coefficient (Wildman–Crippen LogP) is 0.0647. The SMILES string of the molecule is CCOc1ncnc2c(N3CCOCC3)nc(N3CCNCC3)nc12. The Morgan fingerprint density at radius 1 is 1.04 bits per heavy atom. The smallest absolute Gasteiger partial charge is 0.244 e. The summed E-state index contributed by atoms with van der Waals surface area (Å²) in [5.41, 5.74) is 1.41. The molecular formula is C16H23N7O2. The van der Waals surface area contributed by atoms with Gasteiger partial charge in [0.25, 0.3) is 0 Å². The fourth-order valence-electron chi connectivity index (χ4n) is 3.14. The van der Waals surface area contributed by atoms with Gasteiger partial charge in [-0.3, -0.25) is 0 Å². The van der Waals surface area contributed by atoms with Crippen LogP contribution in [0, 0.1) is 0 Å². The van der Waals surface area contributed by atoms with Gasteiger partial charge in [-0.1, -0.05) is 0 Å². The molecule has 2 aromatic rings. The van der Waals surface area contributed by atoms with Crippen molar-refractivity contribution in [1.29, 1.82) is 0 Å². The van der Waals surface area contributed by atoms with Crippen molar-refractivity contribution in [2.24, 2.45) is 0 Å². The van der Waals surface area contributed by atoms with E-state index < -0.39 is 0 Å². The molecular weight excluding hydrogens is 322 g/mol. The first-order valence-electron chi connectivity index (χ1n) is 8.80. The molecule has 0 saturated carbocycles. The lowest BCUT2D eigenvalue weighted by Gasteiger charge is -2.31. The largest absolute Gasteiger partial charge is 0.476 e. The van der Waals surface area contributed by atoms with E-state index in [4.69, 9.17) is 19.4 Å². The summed E-state index contributed by atoms with van der Waals surface area (Å²) < 4.78 is 11.2. The number of ether oxygens (including phenoxy) is 2. The van der Waals surface area contributed by atoms with Gasteiger partial charge in [0, 0.05) is 39.3 Å². The van der Waals surface area contributed by atoms with Crippen molar-refractivity contribution in [2.45, 2.75) is 6.92 Å². The maximum Gasteiger partial charge on any atom is 0.244 e. The summed E-state index contributed by atoms with van der Waals surface area (Å²) in [4.78, 5) is 22.7. The van der Waals surface area contributed by atoms with Crippen LogP contribution >= 0.6 is 0 Å². The van der Waals surface area contributed by atoms with Crippen molar-refractivity contribution in [3.8, 4) is 5.88 Å². The van der Waals surface area contributed by atoms with Gasteiger partial charge in [0.05, 0.1) is 19.8 Å². The van der Waals surface area contributed by atoms with Gasteiger partial charge in [0.1, 0.15) is 11.8 Å². The summed E-state index contributed by atoms with van der Waals surface area (Å²) in [5, 5.41) is 3.36. The van der Waals surface area contributed by atoms with Crippen LogP contribution in [0.4, 0.5) is 11.8 Å². The van der Waals surface area contributed by atoms with Gasteiger partial charge in [0.2, 0.25) is 11.8 Å². The lowest BCUT2D eigenvalue weighted by atomic mass is 10.3. The molecule has 1 N–H and O–H groups in total. The highest BCUT2D eigenvalue weighted by atomic mass is 16.5. The van der Waals surface area contributed by atoms with Crippen LogP contribution in [0.15, 0.2) is 6.33 Å². The Hall–Kier alpha value is -2.26. The maximum absolute atomic E-state index is 5.69. The van der Waals surface area contributed by atoms with Crippen molar-refractivity contribution in [2.75, 3.05) is 68.9 Å². The lowest BCUT2D eigenvalue weighted by molar-refractivity contribution is 0.122. The Balaban J connectivity index is 1.83. The summed E-state index contributed by atoms with van der Waals surface area (Å²) >= 11 is 0. The van der Waals surface area contributed by atoms with Crippen LogP contribution in [0.25, 0.3) is 11.0 Å². The molecule has 9 heteroatoms. The molecule has 0 atom stereocenters. The minimum atomic E-state index is 0.515. The molecule has 9 nitrogen and oxygen atoms in total. The van der Waals surface area contributed by atoms with Crippen molar-refractivity contribution in [3.05, 3.63) is 6.33 Å². The van der Waals surface area contributed by atoms with Crippen LogP contribution in [0.5, 0.6) is 5.88 Å². The molecule has 0 radical (unpaired) electrons. The van der Waals surface area contributed by atoms with E-state index in [2.05, 4.69) is 25.1 Å². The zero-order chi connectivity index (χ0) is 17.1. The molecule has 0 aliphatic carbocycles. The third-order valence-corrected chi connectivity index (χ3v) is 4.41. The topological polar surface area (TPSA) is 88.5 Å². The molecule has 2 fully saturated rings. The summed E-state index contributed by atoms with van der Waals surface area (Å²) in [6.07, 6.45) is 1.52. The molecule has 4 heterocycles. The number of rotatable bonds is 4. The van der Waals surface area contributed by atoms with Gasteiger partial charge < -0.3 is 24.6 Å². The summed E-state index contributed by atoms with van der Waals surface area (Å²) in [7, 11) is 0. The zero-order valence-corrected chi connectivity index (χ0v) is 14.4. The van der Waals surface area contributed by atoms with Crippen LogP contribution in [-0.4, -0.2) is 79.0 Å². The van der Waals surface area contributed by atoms with Crippen molar-refractivity contribution in [1.82, 2.24) is 25.3 Å². The molecule has 2 aliphatic rings. The molecule has 134 valence electrons. The molecule has 2 saturated heterocycles. The molecule has 0 spiro atoms. The van der Waals surface area contributed by atoms with Gasteiger partial charge >= 0.3 is 0 Å². The quantitative estimate of drug-likeness (QED) is 0.826. The number of piperazine rings is 1. The molecule has 4 rings (SSSR count). The van der Waals surface area contributed by atoms with Crippen LogP contribution < -0.4 is 19.9 Å². The summed E-state index contributed by atoms with van der Waals surface area (Å²) in [5.74, 6) is 2.07. The first kappa shape index (κ1) is 16.2. The van der Waals surface area contributed by atoms with Gasteiger partial charge in [-0.25, -0.2) is 9.97 Å². The minimum absolute atomic E-state index is 0.515. The van der Waals surface area contributed by atoms with E-state index in [0.29, 0.717) is 37.2 Å². The highest BCUT2D eigenvalue weighted by molar-refractivity contribution is 5.89. The third-order valence-electron chi connectivity index (χ3n) is 4.41. The van der Waals surface area contributed by atoms with Crippen LogP contribution in [0.2, 0.25) is 0 Å². The van der Waals surface area contributed by atoms with Crippen molar-refractivity contribution >= 4 is 22.8 Å². The van der Waals surface area contributed by atoms with E-state index in [1.54, 1.807) is 0 Å². The Morgan fingerprint density at radius 2 is 1.84 bits per heavy atom. The first-order chi connectivity index (χ1) is 12.4. The minimum Gasteiger partial charge on any atom is -0.476 e. The molecule has 25 heavy (non-hydrogen) atoms. The fraction of sp³-hybridized carbons (Fsp3) is 0.625. The summed E-state index contributed by atoms with van der Waals surface area (Å²) in [6.45, 7) is 9.06. The van der Waals surface area contributed by atoms with Gasteiger partial charge in [0.15, 0.2) is 11.3 Å². The Labute approximate surface area is 146 Å². The molecule has 0 aromatic carbocycles. The predicted molar refractivity (Wildman–Crippen MR) is 94.4 cm³/mol. The number of fused-ring (bicyclic) bond motifs is 1. The number of morpholine rings is 1. The number of aromatic nitrogens is 4. The first-order valence-corrected chi connectivity index (χ1v) is 8.80. The highest BCUT2D eigenvalue weighted by Crippen LogP contribution is 2.29. The van der Waals surface area contributed by atoms with E-state index in [9.17, 15) is 0 Å². The van der Waals surface area contributed by atoms with Crippen molar-refractivity contribution in [3.63, 3.8) is 0 Å². The Morgan fingerprint density at radius 3 is 2.60 bits per heavy atom. The van der Waals surface area contributed by atoms with E-state index in [1.165, 1.54) is 6.33 Å². The molecule has 0 unspecified atom stereocenters. The number of hydrogen-bond donors (Lipinski definition) is 1. The van der Waals surface area contributed by atoms with Gasteiger partial charge in [-0.05, 0) is 6.92 Å². The van der Waals surface area contributed by atoms with E-state index in [0.717, 1.165) is 50.6 Å². The molecule has 2 aromatic heterocycles. The van der Waals surface area contributed by atoms with E-state index in [1.807, 2.05) is 6.92 Å². The number of hydrogen-bond acceptors (Lipinski definition) is 9. The van der Waals surface area contributed by atoms with E-state index >= 15 is 0 Å². The maximum atomic E-state index is 5.69. The van der Waals surface area contributed by atoms with Crippen LogP contribution in [-0.2, 0) is 4.74 Å². The standard InChI is InChI=1S/C16H23N7O2/c1-2-25-15-13-12(18-11-19-15)14(22-7-9-24-10-8-22)21-16(20-13)23-5-3-17-4-6-23/h11,17H,2-10H2,1H3. The lowest BCUT2D eigenvalue weighted by Crippen LogP contribution is -2.44. The monoisotopic (exact) mass is 345 g/mol. The summed E-state index contributed by atoms with van der Waals surface area (Å²) in [6, 6.07) is 0. The normalized spacial score (nSPS) is 18.6. The van der Waals surface area contributed by atoms with Gasteiger partial charge in [-0.15, -0.1) is 0 Å². The Bertz CT molecular complexity index is 730. The number of anilines is 2. The molecule has 0 bridgehead atoms. The second-order valence-corrected chi connectivity index (χ2v) is 5.99. The molecule has 2 aliphatic heterocycles. The third kappa shape index (κ3) is 3.29. The highest BCUT2D eigenvalue weighted by Gasteiger charge is 2.23. The number of nitrogens with zero attached hydrogens (tertiary/aromatic N) is 6. The van der Waals surface area contributed by atoms with Gasteiger partial charge in [-0.2, -0.15) is 9.97 Å². The van der Waals surface area contributed by atoms with Crippen LogP contribution in [0.1, 0.15) is 6.92 Å². The second-order valence-electron chi connectivity index (χ2n) is 5.99. The number of nitrogens with one attached hydrogen (secondary N) is 1. The van der Waals surface area contributed by atoms with E-state index in [-0.39, 0.29) is 0 Å².